The van der Waals surface area contributed by atoms with E-state index in [1.54, 1.807) is 0 Å². The standard InChI is InChI=1S/C19H25N3O2/c1-14-6-5-7-16-19(14)15(13-21-16)12-17(23)20-9-11-22-10-4-2-3-8-18(22)24/h5-7,13,21H,2-4,8-12H2,1H3,(H,20,23). The van der Waals surface area contributed by atoms with Crippen molar-refractivity contribution in [1.82, 2.24) is 15.2 Å². The normalized spacial score (nSPS) is 15.5. The lowest BCUT2D eigenvalue weighted by Crippen LogP contribution is -2.38. The Balaban J connectivity index is 1.53. The van der Waals surface area contributed by atoms with Gasteiger partial charge in [-0.3, -0.25) is 9.59 Å². The van der Waals surface area contributed by atoms with Crippen LogP contribution in [0.15, 0.2) is 24.4 Å². The third kappa shape index (κ3) is 3.78. The van der Waals surface area contributed by atoms with Gasteiger partial charge < -0.3 is 15.2 Å². The fourth-order valence-electron chi connectivity index (χ4n) is 3.43. The van der Waals surface area contributed by atoms with E-state index < -0.39 is 0 Å². The number of aryl methyl sites for hydroxylation is 1. The van der Waals surface area contributed by atoms with E-state index >= 15 is 0 Å². The number of amides is 2. The average molecular weight is 327 g/mol. The van der Waals surface area contributed by atoms with Gasteiger partial charge in [-0.15, -0.1) is 0 Å². The Labute approximate surface area is 142 Å². The zero-order valence-corrected chi connectivity index (χ0v) is 14.2. The molecule has 2 aromatic rings. The van der Waals surface area contributed by atoms with E-state index in [4.69, 9.17) is 0 Å². The minimum absolute atomic E-state index is 0.00132. The number of rotatable bonds is 5. The van der Waals surface area contributed by atoms with Gasteiger partial charge in [-0.05, 0) is 37.0 Å². The van der Waals surface area contributed by atoms with Gasteiger partial charge in [0.15, 0.2) is 0 Å². The highest BCUT2D eigenvalue weighted by molar-refractivity contribution is 5.91. The zero-order chi connectivity index (χ0) is 16.9. The summed E-state index contributed by atoms with van der Waals surface area (Å²) in [5.41, 5.74) is 3.26. The van der Waals surface area contributed by atoms with Gasteiger partial charge in [0.1, 0.15) is 0 Å². The minimum Gasteiger partial charge on any atom is -0.361 e. The fraction of sp³-hybridized carbons (Fsp3) is 0.474. The topological polar surface area (TPSA) is 65.2 Å². The second-order valence-corrected chi connectivity index (χ2v) is 6.53. The van der Waals surface area contributed by atoms with Crippen molar-refractivity contribution in [3.63, 3.8) is 0 Å². The molecule has 0 radical (unpaired) electrons. The molecule has 0 bridgehead atoms. The van der Waals surface area contributed by atoms with Crippen molar-refractivity contribution in [2.75, 3.05) is 19.6 Å². The Morgan fingerprint density at radius 3 is 3.04 bits per heavy atom. The summed E-state index contributed by atoms with van der Waals surface area (Å²) in [7, 11) is 0. The molecule has 5 nitrogen and oxygen atoms in total. The van der Waals surface area contributed by atoms with E-state index in [0.29, 0.717) is 25.9 Å². The minimum atomic E-state index is 0.00132. The predicted molar refractivity (Wildman–Crippen MR) is 94.8 cm³/mol. The molecule has 1 aromatic carbocycles. The number of aromatic amines is 1. The number of nitrogens with zero attached hydrogens (tertiary/aromatic N) is 1. The van der Waals surface area contributed by atoms with Crippen LogP contribution in [0.25, 0.3) is 10.9 Å². The quantitative estimate of drug-likeness (QED) is 0.886. The van der Waals surface area contributed by atoms with Crippen molar-refractivity contribution >= 4 is 22.7 Å². The van der Waals surface area contributed by atoms with Crippen molar-refractivity contribution in [2.24, 2.45) is 0 Å². The summed E-state index contributed by atoms with van der Waals surface area (Å²) in [6.45, 7) is 4.00. The number of carbonyl (C=O) groups is 2. The summed E-state index contributed by atoms with van der Waals surface area (Å²) < 4.78 is 0. The first-order valence-corrected chi connectivity index (χ1v) is 8.75. The fourth-order valence-corrected chi connectivity index (χ4v) is 3.43. The molecule has 0 saturated carbocycles. The molecule has 24 heavy (non-hydrogen) atoms. The lowest BCUT2D eigenvalue weighted by molar-refractivity contribution is -0.131. The number of hydrogen-bond donors (Lipinski definition) is 2. The van der Waals surface area contributed by atoms with Crippen LogP contribution in [0.2, 0.25) is 0 Å². The molecule has 0 aliphatic carbocycles. The van der Waals surface area contributed by atoms with Crippen LogP contribution in [-0.4, -0.2) is 41.3 Å². The zero-order valence-electron chi connectivity index (χ0n) is 14.2. The van der Waals surface area contributed by atoms with Crippen molar-refractivity contribution in [2.45, 2.75) is 39.0 Å². The molecular weight excluding hydrogens is 302 g/mol. The maximum absolute atomic E-state index is 12.2. The van der Waals surface area contributed by atoms with Gasteiger partial charge in [0.2, 0.25) is 11.8 Å². The molecule has 2 N–H and O–H groups in total. The Morgan fingerprint density at radius 2 is 2.17 bits per heavy atom. The lowest BCUT2D eigenvalue weighted by Gasteiger charge is -2.20. The van der Waals surface area contributed by atoms with Crippen LogP contribution in [0.5, 0.6) is 0 Å². The lowest BCUT2D eigenvalue weighted by atomic mass is 10.1. The predicted octanol–water partition coefficient (Wildman–Crippen LogP) is 2.54. The van der Waals surface area contributed by atoms with Gasteiger partial charge in [-0.25, -0.2) is 0 Å². The van der Waals surface area contributed by atoms with E-state index in [1.165, 1.54) is 5.56 Å². The first-order chi connectivity index (χ1) is 11.6. The monoisotopic (exact) mass is 327 g/mol. The van der Waals surface area contributed by atoms with Crippen molar-refractivity contribution < 1.29 is 9.59 Å². The molecule has 1 saturated heterocycles. The third-order valence-corrected chi connectivity index (χ3v) is 4.72. The first kappa shape index (κ1) is 16.6. The van der Waals surface area contributed by atoms with E-state index in [-0.39, 0.29) is 11.8 Å². The van der Waals surface area contributed by atoms with Crippen molar-refractivity contribution in [1.29, 1.82) is 0 Å². The highest BCUT2D eigenvalue weighted by Gasteiger charge is 2.16. The Morgan fingerprint density at radius 1 is 1.29 bits per heavy atom. The second kappa shape index (κ2) is 7.51. The first-order valence-electron chi connectivity index (χ1n) is 8.75. The summed E-state index contributed by atoms with van der Waals surface area (Å²) in [6, 6.07) is 6.09. The van der Waals surface area contributed by atoms with E-state index in [2.05, 4.69) is 23.3 Å². The Bertz CT molecular complexity index is 735. The van der Waals surface area contributed by atoms with Crippen LogP contribution in [0, 0.1) is 6.92 Å². The second-order valence-electron chi connectivity index (χ2n) is 6.53. The van der Waals surface area contributed by atoms with Crippen LogP contribution >= 0.6 is 0 Å². The van der Waals surface area contributed by atoms with Gasteiger partial charge in [-0.2, -0.15) is 0 Å². The van der Waals surface area contributed by atoms with E-state index in [1.807, 2.05) is 23.2 Å². The van der Waals surface area contributed by atoms with Gasteiger partial charge in [-0.1, -0.05) is 18.6 Å². The van der Waals surface area contributed by atoms with Crippen LogP contribution in [0.4, 0.5) is 0 Å². The van der Waals surface area contributed by atoms with Crippen LogP contribution in [0.3, 0.4) is 0 Å². The Hall–Kier alpha value is -2.30. The molecule has 0 atom stereocenters. The van der Waals surface area contributed by atoms with Gasteiger partial charge >= 0.3 is 0 Å². The molecule has 2 heterocycles. The Kier molecular flexibility index (Phi) is 5.18. The molecule has 1 aliphatic rings. The number of hydrogen-bond acceptors (Lipinski definition) is 2. The molecule has 0 unspecified atom stereocenters. The summed E-state index contributed by atoms with van der Waals surface area (Å²) in [4.78, 5) is 29.3. The van der Waals surface area contributed by atoms with E-state index in [0.717, 1.165) is 42.3 Å². The average Bonchev–Trinajstić information content (AvgIpc) is 2.85. The number of nitrogens with one attached hydrogen (secondary N) is 2. The molecule has 1 aliphatic heterocycles. The highest BCUT2D eigenvalue weighted by atomic mass is 16.2. The smallest absolute Gasteiger partial charge is 0.224 e. The van der Waals surface area contributed by atoms with Crippen LogP contribution < -0.4 is 5.32 Å². The molecule has 5 heteroatoms. The third-order valence-electron chi connectivity index (χ3n) is 4.72. The summed E-state index contributed by atoms with van der Waals surface area (Å²) in [5, 5.41) is 4.08. The number of benzene rings is 1. The largest absolute Gasteiger partial charge is 0.361 e. The van der Waals surface area contributed by atoms with Crippen molar-refractivity contribution in [3.05, 3.63) is 35.5 Å². The number of fused-ring (bicyclic) bond motifs is 1. The molecular formula is C19H25N3O2. The molecule has 128 valence electrons. The molecule has 1 aromatic heterocycles. The number of aromatic nitrogens is 1. The number of H-pyrrole nitrogens is 1. The van der Waals surface area contributed by atoms with Crippen LogP contribution in [0.1, 0.15) is 36.8 Å². The number of carbonyl (C=O) groups excluding carboxylic acids is 2. The summed E-state index contributed by atoms with van der Waals surface area (Å²) >= 11 is 0. The van der Waals surface area contributed by atoms with Gasteiger partial charge in [0, 0.05) is 43.2 Å². The SMILES string of the molecule is Cc1cccc2[nH]cc(CC(=O)NCCN3CCCCCC3=O)c12. The van der Waals surface area contributed by atoms with E-state index in [9.17, 15) is 9.59 Å². The maximum atomic E-state index is 12.2. The molecule has 0 spiro atoms. The summed E-state index contributed by atoms with van der Waals surface area (Å²) in [6.07, 6.45) is 6.08. The van der Waals surface area contributed by atoms with Gasteiger partial charge in [0.05, 0.1) is 6.42 Å². The van der Waals surface area contributed by atoms with Crippen LogP contribution in [-0.2, 0) is 16.0 Å². The number of likely N-dealkylation sites (tertiary alicyclic amines) is 1. The molecule has 1 fully saturated rings. The van der Waals surface area contributed by atoms with Gasteiger partial charge in [0.25, 0.3) is 0 Å². The maximum Gasteiger partial charge on any atom is 0.224 e. The highest BCUT2D eigenvalue weighted by Crippen LogP contribution is 2.22. The summed E-state index contributed by atoms with van der Waals surface area (Å²) in [5.74, 6) is 0.218. The van der Waals surface area contributed by atoms with Crippen molar-refractivity contribution in [3.8, 4) is 0 Å². The molecule has 2 amide bonds. The molecule has 3 rings (SSSR count).